The second-order valence-corrected chi connectivity index (χ2v) is 3.95. The summed E-state index contributed by atoms with van der Waals surface area (Å²) in [4.78, 5) is 0. The van der Waals surface area contributed by atoms with E-state index in [9.17, 15) is 8.42 Å². The third kappa shape index (κ3) is 1.93. The maximum absolute atomic E-state index is 10.7. The molecule has 0 aromatic carbocycles. The Morgan fingerprint density at radius 3 is 2.50 bits per heavy atom. The Labute approximate surface area is 60.8 Å². The van der Waals surface area contributed by atoms with Crippen LogP contribution in [0.3, 0.4) is 0 Å². The first-order valence-electron chi connectivity index (χ1n) is 3.20. The van der Waals surface area contributed by atoms with Gasteiger partial charge in [-0.2, -0.15) is 13.1 Å². The molecule has 1 aliphatic rings. The molecule has 1 rings (SSSR count). The van der Waals surface area contributed by atoms with Gasteiger partial charge >= 0.3 is 10.3 Å². The lowest BCUT2D eigenvalue weighted by atomic mass is 10.2. The summed E-state index contributed by atoms with van der Waals surface area (Å²) in [6.45, 7) is 3.56. The molecule has 2 atom stereocenters. The third-order valence-electron chi connectivity index (χ3n) is 1.32. The molecular formula is C5H11NO3S. The Balaban J connectivity index is 2.69. The van der Waals surface area contributed by atoms with E-state index < -0.39 is 10.3 Å². The molecule has 10 heavy (non-hydrogen) atoms. The lowest BCUT2D eigenvalue weighted by Gasteiger charge is -2.24. The lowest BCUT2D eigenvalue weighted by Crippen LogP contribution is -2.43. The Kier molecular flexibility index (Phi) is 1.98. The maximum atomic E-state index is 10.7. The number of hydrogen-bond donors (Lipinski definition) is 1. The van der Waals surface area contributed by atoms with Gasteiger partial charge in [-0.1, -0.05) is 0 Å². The van der Waals surface area contributed by atoms with Crippen LogP contribution in [0.4, 0.5) is 0 Å². The van der Waals surface area contributed by atoms with Crippen molar-refractivity contribution in [3.63, 3.8) is 0 Å². The van der Waals surface area contributed by atoms with Gasteiger partial charge in [0.25, 0.3) is 0 Å². The van der Waals surface area contributed by atoms with E-state index in [0.717, 1.165) is 6.42 Å². The number of hydrogen-bond acceptors (Lipinski definition) is 3. The van der Waals surface area contributed by atoms with Crippen molar-refractivity contribution >= 4 is 10.3 Å². The van der Waals surface area contributed by atoms with E-state index in [-0.39, 0.29) is 12.1 Å². The van der Waals surface area contributed by atoms with Crippen LogP contribution in [0, 0.1) is 0 Å². The minimum absolute atomic E-state index is 0.00579. The zero-order valence-corrected chi connectivity index (χ0v) is 6.81. The molecule has 0 radical (unpaired) electrons. The molecule has 5 heteroatoms. The van der Waals surface area contributed by atoms with Gasteiger partial charge in [0.05, 0.1) is 6.10 Å². The van der Waals surface area contributed by atoms with Crippen LogP contribution in [0.15, 0.2) is 0 Å². The smallest absolute Gasteiger partial charge is 0.255 e. The molecule has 0 spiro atoms. The molecule has 1 fully saturated rings. The molecule has 1 saturated heterocycles. The van der Waals surface area contributed by atoms with Crippen molar-refractivity contribution in [2.45, 2.75) is 32.4 Å². The second-order valence-electron chi connectivity index (χ2n) is 2.62. The van der Waals surface area contributed by atoms with Crippen LogP contribution in [0.1, 0.15) is 20.3 Å². The summed E-state index contributed by atoms with van der Waals surface area (Å²) in [7, 11) is -3.43. The van der Waals surface area contributed by atoms with Crippen LogP contribution < -0.4 is 4.72 Å². The van der Waals surface area contributed by atoms with E-state index in [1.54, 1.807) is 6.92 Å². The molecule has 0 saturated carbocycles. The predicted octanol–water partition coefficient (Wildman–Crippen LogP) is 0.0181. The van der Waals surface area contributed by atoms with Crippen molar-refractivity contribution in [3.8, 4) is 0 Å². The maximum Gasteiger partial charge on any atom is 0.336 e. The topological polar surface area (TPSA) is 55.4 Å². The highest BCUT2D eigenvalue weighted by atomic mass is 32.2. The summed E-state index contributed by atoms with van der Waals surface area (Å²) in [5, 5.41) is 0. The van der Waals surface area contributed by atoms with Gasteiger partial charge in [-0.05, 0) is 20.3 Å². The Morgan fingerprint density at radius 2 is 2.10 bits per heavy atom. The average molecular weight is 165 g/mol. The van der Waals surface area contributed by atoms with Crippen molar-refractivity contribution < 1.29 is 12.6 Å². The number of rotatable bonds is 0. The summed E-state index contributed by atoms with van der Waals surface area (Å²) in [5.41, 5.74) is 0. The second kappa shape index (κ2) is 2.48. The molecule has 0 amide bonds. The fourth-order valence-electron chi connectivity index (χ4n) is 1.08. The predicted molar refractivity (Wildman–Crippen MR) is 36.7 cm³/mol. The highest BCUT2D eigenvalue weighted by Gasteiger charge is 2.25. The van der Waals surface area contributed by atoms with E-state index in [1.165, 1.54) is 0 Å². The molecule has 0 aliphatic carbocycles. The van der Waals surface area contributed by atoms with E-state index in [1.807, 2.05) is 6.92 Å². The first-order chi connectivity index (χ1) is 4.49. The molecule has 0 aromatic heterocycles. The monoisotopic (exact) mass is 165 g/mol. The highest BCUT2D eigenvalue weighted by Crippen LogP contribution is 2.11. The SMILES string of the molecule is C[C@@H]1C[C@H](C)NS(=O)(=O)O1. The first kappa shape index (κ1) is 7.97. The summed E-state index contributed by atoms with van der Waals surface area (Å²) < 4.78 is 28.4. The fraction of sp³-hybridized carbons (Fsp3) is 1.00. The average Bonchev–Trinajstić information content (AvgIpc) is 1.54. The lowest BCUT2D eigenvalue weighted by molar-refractivity contribution is 0.178. The van der Waals surface area contributed by atoms with E-state index >= 15 is 0 Å². The standard InChI is InChI=1S/C5H11NO3S/c1-4-3-5(2)9-10(7,8)6-4/h4-6H,3H2,1-2H3/t4-,5+/m0/s1. The molecule has 60 valence electrons. The van der Waals surface area contributed by atoms with Crippen LogP contribution in [0.2, 0.25) is 0 Å². The van der Waals surface area contributed by atoms with Crippen LogP contribution >= 0.6 is 0 Å². The summed E-state index contributed by atoms with van der Waals surface area (Å²) in [5.74, 6) is 0. The van der Waals surface area contributed by atoms with Gasteiger partial charge in [0.2, 0.25) is 0 Å². The van der Waals surface area contributed by atoms with Crippen LogP contribution in [-0.2, 0) is 14.5 Å². The van der Waals surface area contributed by atoms with Gasteiger partial charge < -0.3 is 0 Å². The first-order valence-corrected chi connectivity index (χ1v) is 4.61. The van der Waals surface area contributed by atoms with Gasteiger partial charge in [-0.3, -0.25) is 4.18 Å². The van der Waals surface area contributed by atoms with Crippen LogP contribution in [0.5, 0.6) is 0 Å². The molecule has 0 unspecified atom stereocenters. The number of nitrogens with one attached hydrogen (secondary N) is 1. The van der Waals surface area contributed by atoms with E-state index in [2.05, 4.69) is 8.91 Å². The molecule has 1 aliphatic heterocycles. The third-order valence-corrected chi connectivity index (χ3v) is 2.59. The van der Waals surface area contributed by atoms with Crippen molar-refractivity contribution in [1.82, 2.24) is 4.72 Å². The van der Waals surface area contributed by atoms with Gasteiger partial charge in [0.15, 0.2) is 0 Å². The zero-order chi connectivity index (χ0) is 7.78. The van der Waals surface area contributed by atoms with Gasteiger partial charge in [-0.25, -0.2) is 0 Å². The quantitative estimate of drug-likeness (QED) is 0.550. The molecule has 0 aromatic rings. The summed E-state index contributed by atoms with van der Waals surface area (Å²) >= 11 is 0. The Hall–Kier alpha value is -0.130. The van der Waals surface area contributed by atoms with Gasteiger partial charge in [0, 0.05) is 6.04 Å². The van der Waals surface area contributed by atoms with Crippen molar-refractivity contribution in [2.75, 3.05) is 0 Å². The minimum atomic E-state index is -3.43. The van der Waals surface area contributed by atoms with Crippen molar-refractivity contribution in [2.24, 2.45) is 0 Å². The molecule has 1 N–H and O–H groups in total. The van der Waals surface area contributed by atoms with Crippen LogP contribution in [-0.4, -0.2) is 20.6 Å². The minimum Gasteiger partial charge on any atom is -0.255 e. The summed E-state index contributed by atoms with van der Waals surface area (Å²) in [6, 6.07) is -0.00579. The van der Waals surface area contributed by atoms with E-state index in [0.29, 0.717) is 0 Å². The van der Waals surface area contributed by atoms with E-state index in [4.69, 9.17) is 0 Å². The summed E-state index contributed by atoms with van der Waals surface area (Å²) in [6.07, 6.45) is 0.542. The zero-order valence-electron chi connectivity index (χ0n) is 5.99. The fourth-order valence-corrected chi connectivity index (χ4v) is 2.23. The molecule has 4 nitrogen and oxygen atoms in total. The van der Waals surface area contributed by atoms with Gasteiger partial charge in [0.1, 0.15) is 0 Å². The van der Waals surface area contributed by atoms with Gasteiger partial charge in [-0.15, -0.1) is 0 Å². The van der Waals surface area contributed by atoms with Crippen molar-refractivity contribution in [1.29, 1.82) is 0 Å². The van der Waals surface area contributed by atoms with Crippen molar-refractivity contribution in [3.05, 3.63) is 0 Å². The van der Waals surface area contributed by atoms with Crippen LogP contribution in [0.25, 0.3) is 0 Å². The Bertz CT molecular complexity index is 195. The molecule has 1 heterocycles. The molecule has 0 bridgehead atoms. The normalized spacial score (nSPS) is 39.4. The Morgan fingerprint density at radius 1 is 1.50 bits per heavy atom. The highest BCUT2D eigenvalue weighted by molar-refractivity contribution is 7.84. The molecular weight excluding hydrogens is 154 g/mol. The largest absolute Gasteiger partial charge is 0.336 e.